The van der Waals surface area contributed by atoms with Crippen molar-refractivity contribution in [2.75, 3.05) is 26.2 Å². The first-order chi connectivity index (χ1) is 5.92. The van der Waals surface area contributed by atoms with E-state index in [4.69, 9.17) is 5.73 Å². The lowest BCUT2D eigenvalue weighted by Gasteiger charge is -2.40. The molecule has 0 aromatic rings. The van der Waals surface area contributed by atoms with Gasteiger partial charge >= 0.3 is 0 Å². The molecule has 4 heteroatoms. The zero-order valence-electron chi connectivity index (χ0n) is 7.29. The fourth-order valence-electron chi connectivity index (χ4n) is 1.89. The Labute approximate surface area is 72.8 Å². The highest BCUT2D eigenvalue weighted by atomic mass is 15.3. The molecule has 1 atom stereocenters. The van der Waals surface area contributed by atoms with Gasteiger partial charge in [-0.15, -0.1) is 0 Å². The number of aliphatic imine (C=N–C) groups is 1. The van der Waals surface area contributed by atoms with Crippen molar-refractivity contribution in [2.45, 2.75) is 18.9 Å². The van der Waals surface area contributed by atoms with Crippen molar-refractivity contribution >= 4 is 5.96 Å². The number of nitrogens with two attached hydrogens (primary N) is 1. The monoisotopic (exact) mass is 168 g/mol. The van der Waals surface area contributed by atoms with Gasteiger partial charge in [-0.2, -0.15) is 0 Å². The number of hydrogen-bond donors (Lipinski definition) is 2. The van der Waals surface area contributed by atoms with Crippen molar-refractivity contribution in [1.82, 2.24) is 10.2 Å². The second-order valence-electron chi connectivity index (χ2n) is 3.36. The second-order valence-corrected chi connectivity index (χ2v) is 3.36. The first-order valence-corrected chi connectivity index (χ1v) is 4.67. The molecule has 68 valence electrons. The fourth-order valence-corrected chi connectivity index (χ4v) is 1.89. The summed E-state index contributed by atoms with van der Waals surface area (Å²) < 4.78 is 0. The van der Waals surface area contributed by atoms with Gasteiger partial charge in [-0.1, -0.05) is 0 Å². The molecule has 0 aromatic carbocycles. The first kappa shape index (κ1) is 7.86. The Morgan fingerprint density at radius 3 is 3.42 bits per heavy atom. The van der Waals surface area contributed by atoms with Crippen LogP contribution in [0.4, 0.5) is 0 Å². The summed E-state index contributed by atoms with van der Waals surface area (Å²) in [5.41, 5.74) is 5.69. The minimum absolute atomic E-state index is 0.519. The zero-order valence-corrected chi connectivity index (χ0v) is 7.29. The van der Waals surface area contributed by atoms with Gasteiger partial charge in [-0.25, -0.2) is 0 Å². The molecule has 2 rings (SSSR count). The van der Waals surface area contributed by atoms with Crippen LogP contribution in [0.15, 0.2) is 4.99 Å². The zero-order chi connectivity index (χ0) is 8.39. The third-order valence-corrected chi connectivity index (χ3v) is 2.56. The van der Waals surface area contributed by atoms with Gasteiger partial charge in [0.25, 0.3) is 0 Å². The van der Waals surface area contributed by atoms with Gasteiger partial charge in [-0.05, 0) is 12.8 Å². The Kier molecular flexibility index (Phi) is 2.17. The van der Waals surface area contributed by atoms with Crippen molar-refractivity contribution in [2.24, 2.45) is 10.7 Å². The van der Waals surface area contributed by atoms with Crippen molar-refractivity contribution < 1.29 is 0 Å². The van der Waals surface area contributed by atoms with Gasteiger partial charge in [-0.3, -0.25) is 4.99 Å². The molecular formula is C8H16N4. The van der Waals surface area contributed by atoms with Gasteiger partial charge in [0, 0.05) is 32.2 Å². The van der Waals surface area contributed by atoms with Crippen molar-refractivity contribution in [3.8, 4) is 0 Å². The van der Waals surface area contributed by atoms with E-state index >= 15 is 0 Å². The smallest absolute Gasteiger partial charge is 0.194 e. The van der Waals surface area contributed by atoms with Crippen LogP contribution in [0.25, 0.3) is 0 Å². The molecular weight excluding hydrogens is 152 g/mol. The number of rotatable bonds is 1. The van der Waals surface area contributed by atoms with Crippen LogP contribution in [0.1, 0.15) is 12.8 Å². The Morgan fingerprint density at radius 2 is 2.58 bits per heavy atom. The number of hydrogen-bond acceptors (Lipinski definition) is 4. The highest BCUT2D eigenvalue weighted by molar-refractivity contribution is 5.81. The van der Waals surface area contributed by atoms with Crippen LogP contribution in [0.3, 0.4) is 0 Å². The summed E-state index contributed by atoms with van der Waals surface area (Å²) in [6.07, 6.45) is 2.32. The van der Waals surface area contributed by atoms with E-state index < -0.39 is 0 Å². The van der Waals surface area contributed by atoms with E-state index in [9.17, 15) is 0 Å². The molecule has 0 aliphatic carbocycles. The quantitative estimate of drug-likeness (QED) is 0.548. The number of nitrogens with one attached hydrogen (secondary N) is 1. The van der Waals surface area contributed by atoms with Crippen molar-refractivity contribution in [3.05, 3.63) is 0 Å². The lowest BCUT2D eigenvalue weighted by atomic mass is 10.1. The molecule has 0 spiro atoms. The molecule has 0 aromatic heterocycles. The van der Waals surface area contributed by atoms with Gasteiger partial charge in [0.1, 0.15) is 0 Å². The number of fused-ring (bicyclic) bond motifs is 1. The average Bonchev–Trinajstić information content (AvgIpc) is 2.17. The maximum atomic E-state index is 5.69. The molecule has 1 fully saturated rings. The molecule has 0 radical (unpaired) electrons. The summed E-state index contributed by atoms with van der Waals surface area (Å²) >= 11 is 0. The molecule has 0 amide bonds. The van der Waals surface area contributed by atoms with Gasteiger partial charge < -0.3 is 16.0 Å². The standard InChI is InChI=1S/C8H16N4/c9-6-7-2-4-11-8-10-3-1-5-12(7)8/h7H,1-6,9H2,(H,10,11). The van der Waals surface area contributed by atoms with Crippen LogP contribution >= 0.6 is 0 Å². The van der Waals surface area contributed by atoms with E-state index in [1.807, 2.05) is 0 Å². The SMILES string of the molecule is NCC1CCNC2=NCCCN21. The summed E-state index contributed by atoms with van der Waals surface area (Å²) in [7, 11) is 0. The predicted molar refractivity (Wildman–Crippen MR) is 49.1 cm³/mol. The Bertz CT molecular complexity index is 189. The maximum Gasteiger partial charge on any atom is 0.194 e. The summed E-state index contributed by atoms with van der Waals surface area (Å²) in [5.74, 6) is 1.07. The third kappa shape index (κ3) is 1.27. The van der Waals surface area contributed by atoms with E-state index in [-0.39, 0.29) is 0 Å². The molecule has 2 aliphatic heterocycles. The summed E-state index contributed by atoms with van der Waals surface area (Å²) in [6, 6.07) is 0.519. The molecule has 2 heterocycles. The van der Waals surface area contributed by atoms with Crippen molar-refractivity contribution in [1.29, 1.82) is 0 Å². The highest BCUT2D eigenvalue weighted by Gasteiger charge is 2.26. The van der Waals surface area contributed by atoms with Crippen LogP contribution < -0.4 is 11.1 Å². The van der Waals surface area contributed by atoms with Crippen LogP contribution in [-0.2, 0) is 0 Å². The molecule has 4 nitrogen and oxygen atoms in total. The molecule has 3 N–H and O–H groups in total. The van der Waals surface area contributed by atoms with E-state index in [0.717, 1.165) is 38.6 Å². The summed E-state index contributed by atoms with van der Waals surface area (Å²) in [5, 5.41) is 3.31. The van der Waals surface area contributed by atoms with E-state index in [1.165, 1.54) is 6.42 Å². The van der Waals surface area contributed by atoms with Gasteiger partial charge in [0.05, 0.1) is 0 Å². The topological polar surface area (TPSA) is 53.6 Å². The Hall–Kier alpha value is -0.770. The average molecular weight is 168 g/mol. The molecule has 12 heavy (non-hydrogen) atoms. The molecule has 0 saturated carbocycles. The molecule has 0 bridgehead atoms. The first-order valence-electron chi connectivity index (χ1n) is 4.67. The van der Waals surface area contributed by atoms with Gasteiger partial charge in [0.2, 0.25) is 0 Å². The second kappa shape index (κ2) is 3.31. The van der Waals surface area contributed by atoms with Gasteiger partial charge in [0.15, 0.2) is 5.96 Å². The Balaban J connectivity index is 2.10. The van der Waals surface area contributed by atoms with Crippen molar-refractivity contribution in [3.63, 3.8) is 0 Å². The largest absolute Gasteiger partial charge is 0.356 e. The maximum absolute atomic E-state index is 5.69. The van der Waals surface area contributed by atoms with Crippen LogP contribution in [0, 0.1) is 0 Å². The van der Waals surface area contributed by atoms with Crippen LogP contribution in [-0.4, -0.2) is 43.1 Å². The number of guanidine groups is 1. The fraction of sp³-hybridized carbons (Fsp3) is 0.875. The lowest BCUT2D eigenvalue weighted by Crippen LogP contribution is -2.57. The number of nitrogens with zero attached hydrogens (tertiary/aromatic N) is 2. The predicted octanol–water partition coefficient (Wildman–Crippen LogP) is -0.631. The van der Waals surface area contributed by atoms with E-state index in [1.54, 1.807) is 0 Å². The third-order valence-electron chi connectivity index (χ3n) is 2.56. The highest BCUT2D eigenvalue weighted by Crippen LogP contribution is 2.12. The van der Waals surface area contributed by atoms with Crippen LogP contribution in [0.2, 0.25) is 0 Å². The van der Waals surface area contributed by atoms with E-state index in [0.29, 0.717) is 6.04 Å². The molecule has 1 saturated heterocycles. The summed E-state index contributed by atoms with van der Waals surface area (Å²) in [6.45, 7) is 3.86. The normalized spacial score (nSPS) is 28.9. The Morgan fingerprint density at radius 1 is 1.67 bits per heavy atom. The lowest BCUT2D eigenvalue weighted by molar-refractivity contribution is 0.254. The molecule has 1 unspecified atom stereocenters. The summed E-state index contributed by atoms with van der Waals surface area (Å²) in [4.78, 5) is 6.74. The minimum atomic E-state index is 0.519. The van der Waals surface area contributed by atoms with Crippen LogP contribution in [0.5, 0.6) is 0 Å². The molecule has 2 aliphatic rings. The van der Waals surface area contributed by atoms with E-state index in [2.05, 4.69) is 15.2 Å². The minimum Gasteiger partial charge on any atom is -0.356 e.